The van der Waals surface area contributed by atoms with E-state index in [2.05, 4.69) is 10.4 Å². The van der Waals surface area contributed by atoms with Crippen LogP contribution in [0.15, 0.2) is 35.1 Å². The summed E-state index contributed by atoms with van der Waals surface area (Å²) in [5, 5.41) is 7.17. The highest BCUT2D eigenvalue weighted by Crippen LogP contribution is 2.23. The lowest BCUT2D eigenvalue weighted by molar-refractivity contribution is -0.134. The van der Waals surface area contributed by atoms with Gasteiger partial charge in [0.25, 0.3) is 0 Å². The molecule has 1 unspecified atom stereocenters. The standard InChI is InChI=1S/C17H22N4O3/c1-2-4-17(23)20-11-13-6-7-19-21(13)14(12-20)9-16(22)18-10-15-5-3-8-24-15/h3,5-8,14H,2,4,9-12H2,1H3,(H,18,22). The van der Waals surface area contributed by atoms with Gasteiger partial charge in [-0.1, -0.05) is 6.92 Å². The predicted molar refractivity (Wildman–Crippen MR) is 86.8 cm³/mol. The average molecular weight is 330 g/mol. The van der Waals surface area contributed by atoms with E-state index in [1.54, 1.807) is 18.5 Å². The molecule has 1 aliphatic heterocycles. The van der Waals surface area contributed by atoms with Gasteiger partial charge in [-0.15, -0.1) is 0 Å². The highest BCUT2D eigenvalue weighted by Gasteiger charge is 2.29. The second kappa shape index (κ2) is 7.33. The zero-order valence-corrected chi connectivity index (χ0v) is 13.8. The van der Waals surface area contributed by atoms with E-state index < -0.39 is 0 Å². The first kappa shape index (κ1) is 16.3. The predicted octanol–water partition coefficient (Wildman–Crippen LogP) is 1.87. The van der Waals surface area contributed by atoms with Gasteiger partial charge in [0.2, 0.25) is 11.8 Å². The summed E-state index contributed by atoms with van der Waals surface area (Å²) in [6.07, 6.45) is 4.94. The second-order valence-electron chi connectivity index (χ2n) is 6.01. The molecule has 3 rings (SSSR count). The number of amides is 2. The van der Waals surface area contributed by atoms with E-state index in [-0.39, 0.29) is 24.3 Å². The largest absolute Gasteiger partial charge is 0.467 e. The number of hydrogen-bond donors (Lipinski definition) is 1. The van der Waals surface area contributed by atoms with Crippen molar-refractivity contribution in [2.24, 2.45) is 0 Å². The third-order valence-corrected chi connectivity index (χ3v) is 4.16. The van der Waals surface area contributed by atoms with Crippen LogP contribution in [0.25, 0.3) is 0 Å². The number of rotatable bonds is 6. The van der Waals surface area contributed by atoms with Crippen molar-refractivity contribution >= 4 is 11.8 Å². The minimum Gasteiger partial charge on any atom is -0.467 e. The fraction of sp³-hybridized carbons (Fsp3) is 0.471. The quantitative estimate of drug-likeness (QED) is 0.877. The normalized spacial score (nSPS) is 16.7. The minimum atomic E-state index is -0.138. The Hall–Kier alpha value is -2.57. The molecular weight excluding hydrogens is 308 g/mol. The first-order valence-corrected chi connectivity index (χ1v) is 8.26. The second-order valence-corrected chi connectivity index (χ2v) is 6.01. The molecule has 0 fully saturated rings. The molecule has 0 spiro atoms. The number of aromatic nitrogens is 2. The molecular formula is C17H22N4O3. The molecule has 0 aliphatic carbocycles. The summed E-state index contributed by atoms with van der Waals surface area (Å²) in [7, 11) is 0. The van der Waals surface area contributed by atoms with E-state index in [0.29, 0.717) is 31.8 Å². The molecule has 1 N–H and O–H groups in total. The van der Waals surface area contributed by atoms with Crippen molar-refractivity contribution in [1.82, 2.24) is 20.0 Å². The molecule has 0 saturated heterocycles. The number of fused-ring (bicyclic) bond motifs is 1. The van der Waals surface area contributed by atoms with Crippen LogP contribution in [0.2, 0.25) is 0 Å². The van der Waals surface area contributed by atoms with E-state index in [0.717, 1.165) is 12.1 Å². The van der Waals surface area contributed by atoms with Gasteiger partial charge in [-0.05, 0) is 24.6 Å². The Morgan fingerprint density at radius 3 is 3.04 bits per heavy atom. The Kier molecular flexibility index (Phi) is 4.98. The smallest absolute Gasteiger partial charge is 0.222 e. The van der Waals surface area contributed by atoms with Crippen LogP contribution in [0.4, 0.5) is 0 Å². The fourth-order valence-corrected chi connectivity index (χ4v) is 2.99. The molecule has 0 saturated carbocycles. The van der Waals surface area contributed by atoms with Crippen molar-refractivity contribution < 1.29 is 14.0 Å². The summed E-state index contributed by atoms with van der Waals surface area (Å²) in [5.41, 5.74) is 0.967. The fourth-order valence-electron chi connectivity index (χ4n) is 2.99. The van der Waals surface area contributed by atoms with Crippen LogP contribution in [0.1, 0.15) is 43.7 Å². The van der Waals surface area contributed by atoms with Gasteiger partial charge < -0.3 is 14.6 Å². The summed E-state index contributed by atoms with van der Waals surface area (Å²) in [5.74, 6) is 0.764. The summed E-state index contributed by atoms with van der Waals surface area (Å²) >= 11 is 0. The molecule has 0 bridgehead atoms. The maximum absolute atomic E-state index is 12.2. The number of carbonyl (C=O) groups is 2. The number of furan rings is 1. The highest BCUT2D eigenvalue weighted by atomic mass is 16.3. The number of nitrogens with one attached hydrogen (secondary N) is 1. The lowest BCUT2D eigenvalue weighted by Gasteiger charge is -2.33. The molecule has 0 radical (unpaired) electrons. The van der Waals surface area contributed by atoms with Crippen molar-refractivity contribution in [1.29, 1.82) is 0 Å². The van der Waals surface area contributed by atoms with Gasteiger partial charge in [-0.25, -0.2) is 0 Å². The van der Waals surface area contributed by atoms with E-state index in [1.165, 1.54) is 0 Å². The lowest BCUT2D eigenvalue weighted by Crippen LogP contribution is -2.42. The minimum absolute atomic E-state index is 0.0809. The van der Waals surface area contributed by atoms with Gasteiger partial charge >= 0.3 is 0 Å². The molecule has 2 aromatic heterocycles. The lowest BCUT2D eigenvalue weighted by atomic mass is 10.1. The summed E-state index contributed by atoms with van der Waals surface area (Å²) in [6, 6.07) is 5.37. The van der Waals surface area contributed by atoms with Gasteiger partial charge in [0, 0.05) is 19.2 Å². The van der Waals surface area contributed by atoms with Gasteiger partial charge in [-0.3, -0.25) is 14.3 Å². The molecule has 2 aromatic rings. The SMILES string of the molecule is CCCC(=O)N1Cc2ccnn2C(CC(=O)NCc2ccco2)C1. The maximum Gasteiger partial charge on any atom is 0.222 e. The zero-order chi connectivity index (χ0) is 16.9. The van der Waals surface area contributed by atoms with E-state index >= 15 is 0 Å². The Morgan fingerprint density at radius 1 is 1.42 bits per heavy atom. The van der Waals surface area contributed by atoms with Crippen molar-refractivity contribution in [2.75, 3.05) is 6.54 Å². The third-order valence-electron chi connectivity index (χ3n) is 4.16. The van der Waals surface area contributed by atoms with Crippen LogP contribution in [-0.2, 0) is 22.7 Å². The van der Waals surface area contributed by atoms with Gasteiger partial charge in [0.1, 0.15) is 5.76 Å². The van der Waals surface area contributed by atoms with Crippen molar-refractivity contribution in [3.8, 4) is 0 Å². The Bertz CT molecular complexity index is 693. The number of hydrogen-bond acceptors (Lipinski definition) is 4. The molecule has 7 nitrogen and oxygen atoms in total. The van der Waals surface area contributed by atoms with Gasteiger partial charge in [0.15, 0.2) is 0 Å². The van der Waals surface area contributed by atoms with E-state index in [1.807, 2.05) is 28.6 Å². The highest BCUT2D eigenvalue weighted by molar-refractivity contribution is 5.78. The van der Waals surface area contributed by atoms with Crippen molar-refractivity contribution in [3.63, 3.8) is 0 Å². The van der Waals surface area contributed by atoms with E-state index in [9.17, 15) is 9.59 Å². The zero-order valence-electron chi connectivity index (χ0n) is 13.8. The molecule has 3 heterocycles. The maximum atomic E-state index is 12.2. The van der Waals surface area contributed by atoms with Crippen LogP contribution in [0.5, 0.6) is 0 Å². The average Bonchev–Trinajstić information content (AvgIpc) is 3.24. The van der Waals surface area contributed by atoms with E-state index in [4.69, 9.17) is 4.42 Å². The van der Waals surface area contributed by atoms with Crippen LogP contribution in [-0.4, -0.2) is 33.0 Å². The van der Waals surface area contributed by atoms with Gasteiger partial charge in [-0.2, -0.15) is 5.10 Å². The van der Waals surface area contributed by atoms with Crippen LogP contribution < -0.4 is 5.32 Å². The summed E-state index contributed by atoms with van der Waals surface area (Å²) in [6.45, 7) is 3.43. The molecule has 2 amide bonds. The van der Waals surface area contributed by atoms with Crippen molar-refractivity contribution in [3.05, 3.63) is 42.1 Å². The molecule has 24 heavy (non-hydrogen) atoms. The Balaban J connectivity index is 1.63. The van der Waals surface area contributed by atoms with Crippen LogP contribution >= 0.6 is 0 Å². The summed E-state index contributed by atoms with van der Waals surface area (Å²) in [4.78, 5) is 26.3. The molecule has 128 valence electrons. The Morgan fingerprint density at radius 2 is 2.29 bits per heavy atom. The van der Waals surface area contributed by atoms with Crippen LogP contribution in [0.3, 0.4) is 0 Å². The van der Waals surface area contributed by atoms with Crippen LogP contribution in [0, 0.1) is 0 Å². The Labute approximate surface area is 140 Å². The third kappa shape index (κ3) is 3.67. The van der Waals surface area contributed by atoms with Gasteiger partial charge in [0.05, 0.1) is 37.5 Å². The monoisotopic (exact) mass is 330 g/mol. The first-order valence-electron chi connectivity index (χ1n) is 8.26. The van der Waals surface area contributed by atoms with Crippen molar-refractivity contribution in [2.45, 2.75) is 45.3 Å². The topological polar surface area (TPSA) is 80.4 Å². The number of carbonyl (C=O) groups excluding carboxylic acids is 2. The molecule has 1 aliphatic rings. The molecule has 1 atom stereocenters. The molecule has 7 heteroatoms. The summed E-state index contributed by atoms with van der Waals surface area (Å²) < 4.78 is 7.07. The number of nitrogens with zero attached hydrogens (tertiary/aromatic N) is 3. The molecule has 0 aromatic carbocycles. The first-order chi connectivity index (χ1) is 11.7.